The summed E-state index contributed by atoms with van der Waals surface area (Å²) in [7, 11) is 0. The van der Waals surface area contributed by atoms with E-state index in [1.807, 2.05) is 18.0 Å². The number of hydrogen-bond donors (Lipinski definition) is 0. The molecule has 5 heteroatoms. The van der Waals surface area contributed by atoms with E-state index in [-0.39, 0.29) is 0 Å². The summed E-state index contributed by atoms with van der Waals surface area (Å²) in [4.78, 5) is 9.26. The minimum atomic E-state index is 0.412. The van der Waals surface area contributed by atoms with Gasteiger partial charge in [-0.15, -0.1) is 11.8 Å². The van der Waals surface area contributed by atoms with Crippen molar-refractivity contribution in [1.82, 2.24) is 14.4 Å². The first-order chi connectivity index (χ1) is 8.67. The Balaban J connectivity index is 2.57. The van der Waals surface area contributed by atoms with Crippen LogP contribution in [0.2, 0.25) is 0 Å². The molecule has 0 atom stereocenters. The van der Waals surface area contributed by atoms with Gasteiger partial charge in [0.05, 0.1) is 11.7 Å². The van der Waals surface area contributed by atoms with Gasteiger partial charge in [-0.2, -0.15) is 0 Å². The normalized spacial score (nSPS) is 11.6. The molecule has 98 valence electrons. The molecule has 2 rings (SSSR count). The third-order valence-corrected chi connectivity index (χ3v) is 4.42. The minimum Gasteiger partial charge on any atom is -0.275 e. The highest BCUT2D eigenvalue weighted by Crippen LogP contribution is 2.26. The Labute approximate surface area is 117 Å². The average molecular weight is 281 g/mol. The molecule has 0 radical (unpaired) electrons. The standard InChI is InChI=1S/C13H19N3S2/c1-5-6-18-13-15-11(17-4)7-10-8-14-12(9(2)3)16(10)13/h7-9H,5-6H2,1-4H3. The Kier molecular flexibility index (Phi) is 4.56. The lowest BCUT2D eigenvalue weighted by atomic mass is 10.2. The van der Waals surface area contributed by atoms with Crippen LogP contribution in [-0.2, 0) is 0 Å². The van der Waals surface area contributed by atoms with Crippen LogP contribution in [-0.4, -0.2) is 26.4 Å². The van der Waals surface area contributed by atoms with Crippen molar-refractivity contribution >= 4 is 29.0 Å². The van der Waals surface area contributed by atoms with Gasteiger partial charge in [0, 0.05) is 11.7 Å². The molecule has 0 unspecified atom stereocenters. The van der Waals surface area contributed by atoms with Crippen molar-refractivity contribution in [1.29, 1.82) is 0 Å². The zero-order chi connectivity index (χ0) is 13.1. The number of aromatic nitrogens is 3. The van der Waals surface area contributed by atoms with Crippen LogP contribution in [0.5, 0.6) is 0 Å². The molecule has 0 saturated heterocycles. The first kappa shape index (κ1) is 13.7. The number of hydrogen-bond acceptors (Lipinski definition) is 4. The van der Waals surface area contributed by atoms with Crippen molar-refractivity contribution in [3.8, 4) is 0 Å². The highest BCUT2D eigenvalue weighted by molar-refractivity contribution is 7.99. The lowest BCUT2D eigenvalue weighted by Gasteiger charge is -2.10. The van der Waals surface area contributed by atoms with Gasteiger partial charge in [0.2, 0.25) is 0 Å². The maximum Gasteiger partial charge on any atom is 0.175 e. The number of rotatable bonds is 5. The summed E-state index contributed by atoms with van der Waals surface area (Å²) in [5.41, 5.74) is 1.15. The van der Waals surface area contributed by atoms with E-state index in [0.717, 1.165) is 33.7 Å². The molecular weight excluding hydrogens is 262 g/mol. The zero-order valence-electron chi connectivity index (χ0n) is 11.3. The molecule has 2 heterocycles. The van der Waals surface area contributed by atoms with E-state index in [1.165, 1.54) is 0 Å². The molecule has 0 aliphatic rings. The molecule has 0 bridgehead atoms. The first-order valence-corrected chi connectivity index (χ1v) is 8.43. The van der Waals surface area contributed by atoms with Crippen LogP contribution in [0.3, 0.4) is 0 Å². The highest BCUT2D eigenvalue weighted by Gasteiger charge is 2.13. The molecule has 0 aromatic carbocycles. The Morgan fingerprint density at radius 3 is 2.78 bits per heavy atom. The molecule has 18 heavy (non-hydrogen) atoms. The van der Waals surface area contributed by atoms with Gasteiger partial charge in [0.25, 0.3) is 0 Å². The van der Waals surface area contributed by atoms with Gasteiger partial charge in [-0.1, -0.05) is 32.5 Å². The summed E-state index contributed by atoms with van der Waals surface area (Å²) >= 11 is 3.50. The van der Waals surface area contributed by atoms with Gasteiger partial charge < -0.3 is 0 Å². The van der Waals surface area contributed by atoms with E-state index < -0.39 is 0 Å². The summed E-state index contributed by atoms with van der Waals surface area (Å²) in [6.07, 6.45) is 5.17. The van der Waals surface area contributed by atoms with Crippen molar-refractivity contribution in [2.24, 2.45) is 0 Å². The minimum absolute atomic E-state index is 0.412. The molecular formula is C13H19N3S2. The number of imidazole rings is 1. The fraction of sp³-hybridized carbons (Fsp3) is 0.538. The van der Waals surface area contributed by atoms with E-state index in [0.29, 0.717) is 5.92 Å². The van der Waals surface area contributed by atoms with Crippen molar-refractivity contribution < 1.29 is 0 Å². The van der Waals surface area contributed by atoms with Crippen LogP contribution in [0.1, 0.15) is 38.9 Å². The Morgan fingerprint density at radius 1 is 1.39 bits per heavy atom. The Morgan fingerprint density at radius 2 is 2.17 bits per heavy atom. The van der Waals surface area contributed by atoms with Crippen LogP contribution < -0.4 is 0 Å². The summed E-state index contributed by atoms with van der Waals surface area (Å²) in [6.45, 7) is 6.54. The van der Waals surface area contributed by atoms with E-state index in [9.17, 15) is 0 Å². The lowest BCUT2D eigenvalue weighted by molar-refractivity contribution is 0.717. The second-order valence-corrected chi connectivity index (χ2v) is 6.35. The molecule has 0 fully saturated rings. The maximum atomic E-state index is 4.72. The fourth-order valence-corrected chi connectivity index (χ4v) is 3.15. The largest absolute Gasteiger partial charge is 0.275 e. The van der Waals surface area contributed by atoms with Gasteiger partial charge in [0.1, 0.15) is 10.9 Å². The topological polar surface area (TPSA) is 30.2 Å². The molecule has 0 aliphatic carbocycles. The second kappa shape index (κ2) is 5.97. The zero-order valence-corrected chi connectivity index (χ0v) is 12.9. The van der Waals surface area contributed by atoms with Crippen molar-refractivity contribution in [2.45, 2.75) is 43.3 Å². The molecule has 0 aliphatic heterocycles. The maximum absolute atomic E-state index is 4.72. The number of nitrogens with zero attached hydrogens (tertiary/aromatic N) is 3. The lowest BCUT2D eigenvalue weighted by Crippen LogP contribution is -2.03. The first-order valence-electron chi connectivity index (χ1n) is 6.22. The molecule has 0 amide bonds. The van der Waals surface area contributed by atoms with Crippen LogP contribution in [0.4, 0.5) is 0 Å². The van der Waals surface area contributed by atoms with E-state index in [1.54, 1.807) is 11.8 Å². The van der Waals surface area contributed by atoms with Crippen molar-refractivity contribution in [3.05, 3.63) is 18.1 Å². The van der Waals surface area contributed by atoms with Gasteiger partial charge in [-0.3, -0.25) is 4.40 Å². The predicted octanol–water partition coefficient (Wildman–Crippen LogP) is 4.08. The molecule has 0 spiro atoms. The van der Waals surface area contributed by atoms with E-state index in [2.05, 4.69) is 42.5 Å². The average Bonchev–Trinajstić information content (AvgIpc) is 2.79. The van der Waals surface area contributed by atoms with Crippen LogP contribution in [0.25, 0.3) is 5.52 Å². The highest BCUT2D eigenvalue weighted by atomic mass is 32.2. The molecule has 2 aromatic rings. The predicted molar refractivity (Wildman–Crippen MR) is 79.9 cm³/mol. The van der Waals surface area contributed by atoms with Crippen LogP contribution in [0.15, 0.2) is 22.4 Å². The molecule has 2 aromatic heterocycles. The van der Waals surface area contributed by atoms with E-state index in [4.69, 9.17) is 4.98 Å². The second-order valence-electron chi connectivity index (χ2n) is 4.46. The van der Waals surface area contributed by atoms with Gasteiger partial charge in [-0.25, -0.2) is 9.97 Å². The van der Waals surface area contributed by atoms with Crippen molar-refractivity contribution in [3.63, 3.8) is 0 Å². The third-order valence-electron chi connectivity index (χ3n) is 2.65. The van der Waals surface area contributed by atoms with Gasteiger partial charge in [-0.05, 0) is 18.7 Å². The van der Waals surface area contributed by atoms with E-state index >= 15 is 0 Å². The molecule has 3 nitrogen and oxygen atoms in total. The van der Waals surface area contributed by atoms with Crippen LogP contribution in [0, 0.1) is 0 Å². The summed E-state index contributed by atoms with van der Waals surface area (Å²) < 4.78 is 2.20. The quantitative estimate of drug-likeness (QED) is 0.469. The fourth-order valence-electron chi connectivity index (χ4n) is 1.80. The molecule has 0 N–H and O–H groups in total. The Hall–Kier alpha value is -0.680. The summed E-state index contributed by atoms with van der Waals surface area (Å²) in [6, 6.07) is 2.11. The smallest absolute Gasteiger partial charge is 0.175 e. The van der Waals surface area contributed by atoms with Gasteiger partial charge >= 0.3 is 0 Å². The van der Waals surface area contributed by atoms with Crippen molar-refractivity contribution in [2.75, 3.05) is 12.0 Å². The monoisotopic (exact) mass is 281 g/mol. The molecule has 0 saturated carbocycles. The SMILES string of the molecule is CCCSc1nc(SC)cc2cnc(C(C)C)n12. The number of thioether (sulfide) groups is 2. The summed E-state index contributed by atoms with van der Waals surface area (Å²) in [5.74, 6) is 2.61. The summed E-state index contributed by atoms with van der Waals surface area (Å²) in [5, 5.41) is 2.14. The third kappa shape index (κ3) is 2.67. The Bertz CT molecular complexity index is 534. The number of fused-ring (bicyclic) bond motifs is 1. The van der Waals surface area contributed by atoms with Crippen LogP contribution >= 0.6 is 23.5 Å². The van der Waals surface area contributed by atoms with Gasteiger partial charge in [0.15, 0.2) is 5.16 Å².